The Morgan fingerprint density at radius 1 is 0.436 bits per heavy atom. The highest BCUT2D eigenvalue weighted by atomic mass is 16.5. The Morgan fingerprint density at radius 2 is 1.00 bits per heavy atom. The number of para-hydroxylation sites is 1. The van der Waals surface area contributed by atoms with Crippen molar-refractivity contribution in [3.05, 3.63) is 197 Å². The number of hydrogen-bond donors (Lipinski definition) is 0. The molecule has 0 radical (unpaired) electrons. The molecule has 264 valence electrons. The molecule has 2 aromatic heterocycles. The smallest absolute Gasteiger partial charge is 0.160 e. The highest BCUT2D eigenvalue weighted by molar-refractivity contribution is 5.89. The van der Waals surface area contributed by atoms with Gasteiger partial charge in [-0.25, -0.2) is 9.97 Å². The van der Waals surface area contributed by atoms with Crippen LogP contribution in [0.1, 0.15) is 54.4 Å². The maximum atomic E-state index is 6.83. The standard InChI is InChI=1S/C51H39N3O/c1-32-37(27-29-48(52-32)50(2,3)4)33-22-24-34(25-23-33)44-31-45(54-49(53-44)35-14-6-5-7-15-35)36-26-28-43-47(30-36)55-46-21-13-12-20-42(46)51(43)40-18-10-8-16-38(40)39-17-9-11-19-41(39)51/h5-31H,1-4H3. The average Bonchev–Trinajstić information content (AvgIpc) is 3.51. The van der Waals surface area contributed by atoms with Gasteiger partial charge in [0.15, 0.2) is 5.82 Å². The summed E-state index contributed by atoms with van der Waals surface area (Å²) in [4.78, 5) is 15.3. The van der Waals surface area contributed by atoms with E-state index in [1.165, 1.54) is 22.3 Å². The normalized spacial score (nSPS) is 13.4. The molecule has 4 nitrogen and oxygen atoms in total. The van der Waals surface area contributed by atoms with Gasteiger partial charge in [-0.2, -0.15) is 0 Å². The largest absolute Gasteiger partial charge is 0.457 e. The molecular formula is C51H39N3O. The van der Waals surface area contributed by atoms with Crippen LogP contribution in [-0.2, 0) is 10.8 Å². The van der Waals surface area contributed by atoms with Crippen LogP contribution in [0.15, 0.2) is 164 Å². The van der Waals surface area contributed by atoms with Gasteiger partial charge in [0.25, 0.3) is 0 Å². The summed E-state index contributed by atoms with van der Waals surface area (Å²) in [6, 6.07) is 58.0. The van der Waals surface area contributed by atoms with Crippen LogP contribution in [0.3, 0.4) is 0 Å². The zero-order valence-corrected chi connectivity index (χ0v) is 31.3. The first-order valence-electron chi connectivity index (χ1n) is 18.9. The van der Waals surface area contributed by atoms with Crippen LogP contribution >= 0.6 is 0 Å². The van der Waals surface area contributed by atoms with Gasteiger partial charge in [0.1, 0.15) is 11.5 Å². The van der Waals surface area contributed by atoms with E-state index >= 15 is 0 Å². The third kappa shape index (κ3) is 5.24. The molecule has 0 saturated carbocycles. The van der Waals surface area contributed by atoms with Crippen molar-refractivity contribution in [1.82, 2.24) is 15.0 Å². The number of hydrogen-bond acceptors (Lipinski definition) is 4. The van der Waals surface area contributed by atoms with E-state index in [0.717, 1.165) is 73.2 Å². The molecule has 8 aromatic rings. The maximum Gasteiger partial charge on any atom is 0.160 e. The number of aromatic nitrogens is 3. The molecule has 6 aromatic carbocycles. The first kappa shape index (κ1) is 33.0. The average molecular weight is 710 g/mol. The van der Waals surface area contributed by atoms with Crippen LogP contribution < -0.4 is 4.74 Å². The molecule has 2 aliphatic rings. The minimum Gasteiger partial charge on any atom is -0.457 e. The zero-order valence-electron chi connectivity index (χ0n) is 31.3. The van der Waals surface area contributed by atoms with Crippen molar-refractivity contribution in [2.24, 2.45) is 0 Å². The van der Waals surface area contributed by atoms with E-state index in [1.807, 2.05) is 18.2 Å². The number of benzene rings is 6. The minimum atomic E-state index is -0.509. The molecule has 0 atom stereocenters. The van der Waals surface area contributed by atoms with E-state index in [-0.39, 0.29) is 5.41 Å². The second-order valence-corrected chi connectivity index (χ2v) is 15.6. The molecule has 0 saturated heterocycles. The van der Waals surface area contributed by atoms with E-state index in [2.05, 4.69) is 173 Å². The Kier molecular flexibility index (Phi) is 7.47. The fourth-order valence-electron chi connectivity index (χ4n) is 8.58. The van der Waals surface area contributed by atoms with Crippen LogP contribution in [-0.4, -0.2) is 15.0 Å². The predicted molar refractivity (Wildman–Crippen MR) is 222 cm³/mol. The van der Waals surface area contributed by atoms with Crippen molar-refractivity contribution < 1.29 is 4.74 Å². The lowest BCUT2D eigenvalue weighted by Crippen LogP contribution is -2.32. The molecule has 4 heteroatoms. The lowest BCUT2D eigenvalue weighted by molar-refractivity contribution is 0.436. The maximum absolute atomic E-state index is 6.83. The van der Waals surface area contributed by atoms with Gasteiger partial charge in [0.05, 0.1) is 16.8 Å². The van der Waals surface area contributed by atoms with Crippen molar-refractivity contribution in [3.8, 4) is 67.7 Å². The van der Waals surface area contributed by atoms with E-state index in [9.17, 15) is 0 Å². The molecule has 0 unspecified atom stereocenters. The van der Waals surface area contributed by atoms with Gasteiger partial charge in [-0.1, -0.05) is 160 Å². The van der Waals surface area contributed by atoms with Gasteiger partial charge in [-0.15, -0.1) is 0 Å². The Hall–Kier alpha value is -6.65. The van der Waals surface area contributed by atoms with Crippen LogP contribution in [0, 0.1) is 6.92 Å². The van der Waals surface area contributed by atoms with E-state index < -0.39 is 5.41 Å². The molecule has 0 bridgehead atoms. The van der Waals surface area contributed by atoms with Gasteiger partial charge in [-0.05, 0) is 59.0 Å². The Morgan fingerprint density at radius 3 is 1.67 bits per heavy atom. The fraction of sp³-hybridized carbons (Fsp3) is 0.118. The summed E-state index contributed by atoms with van der Waals surface area (Å²) in [5.74, 6) is 2.37. The van der Waals surface area contributed by atoms with Crippen molar-refractivity contribution >= 4 is 0 Å². The summed E-state index contributed by atoms with van der Waals surface area (Å²) in [7, 11) is 0. The summed E-state index contributed by atoms with van der Waals surface area (Å²) in [6.45, 7) is 8.69. The van der Waals surface area contributed by atoms with Crippen LogP contribution in [0.5, 0.6) is 11.5 Å². The number of nitrogens with zero attached hydrogens (tertiary/aromatic N) is 3. The van der Waals surface area contributed by atoms with Crippen molar-refractivity contribution in [1.29, 1.82) is 0 Å². The molecule has 1 aliphatic heterocycles. The Balaban J connectivity index is 1.11. The third-order valence-corrected chi connectivity index (χ3v) is 11.2. The second-order valence-electron chi connectivity index (χ2n) is 15.6. The number of aryl methyl sites for hydroxylation is 1. The molecule has 1 spiro atoms. The lowest BCUT2D eigenvalue weighted by Gasteiger charge is -2.39. The minimum absolute atomic E-state index is 0.00221. The van der Waals surface area contributed by atoms with Gasteiger partial charge in [-0.3, -0.25) is 4.98 Å². The first-order chi connectivity index (χ1) is 26.8. The van der Waals surface area contributed by atoms with Crippen molar-refractivity contribution in [2.45, 2.75) is 38.5 Å². The first-order valence-corrected chi connectivity index (χ1v) is 18.9. The molecule has 55 heavy (non-hydrogen) atoms. The van der Waals surface area contributed by atoms with Gasteiger partial charge < -0.3 is 4.74 Å². The van der Waals surface area contributed by atoms with Gasteiger partial charge >= 0.3 is 0 Å². The van der Waals surface area contributed by atoms with E-state index in [1.54, 1.807) is 0 Å². The van der Waals surface area contributed by atoms with E-state index in [4.69, 9.17) is 19.7 Å². The zero-order chi connectivity index (χ0) is 37.3. The summed E-state index contributed by atoms with van der Waals surface area (Å²) in [6.07, 6.45) is 0. The van der Waals surface area contributed by atoms with Crippen LogP contribution in [0.25, 0.3) is 56.2 Å². The SMILES string of the molecule is Cc1nc(C(C)(C)C)ccc1-c1ccc(-c2cc(-c3ccc4c(c3)Oc3ccccc3C43c4ccccc4-c4ccccc43)nc(-c3ccccc3)n2)cc1. The van der Waals surface area contributed by atoms with E-state index in [0.29, 0.717) is 5.82 Å². The summed E-state index contributed by atoms with van der Waals surface area (Å²) >= 11 is 0. The molecule has 0 fully saturated rings. The van der Waals surface area contributed by atoms with Crippen molar-refractivity contribution in [2.75, 3.05) is 0 Å². The molecule has 1 aliphatic carbocycles. The number of pyridine rings is 1. The Labute approximate surface area is 322 Å². The highest BCUT2D eigenvalue weighted by Crippen LogP contribution is 2.62. The topological polar surface area (TPSA) is 47.9 Å². The molecule has 3 heterocycles. The third-order valence-electron chi connectivity index (χ3n) is 11.2. The van der Waals surface area contributed by atoms with Gasteiger partial charge in [0.2, 0.25) is 0 Å². The summed E-state index contributed by atoms with van der Waals surface area (Å²) < 4.78 is 6.83. The monoisotopic (exact) mass is 709 g/mol. The second kappa shape index (κ2) is 12.5. The van der Waals surface area contributed by atoms with Crippen LogP contribution in [0.4, 0.5) is 0 Å². The molecular weight excluding hydrogens is 671 g/mol. The number of rotatable bonds is 4. The highest BCUT2D eigenvalue weighted by Gasteiger charge is 2.50. The number of ether oxygens (including phenoxy) is 1. The Bertz CT molecular complexity index is 2730. The summed E-state index contributed by atoms with van der Waals surface area (Å²) in [5.41, 5.74) is 15.9. The molecule has 0 N–H and O–H groups in total. The summed E-state index contributed by atoms with van der Waals surface area (Å²) in [5, 5.41) is 0. The van der Waals surface area contributed by atoms with Crippen LogP contribution in [0.2, 0.25) is 0 Å². The molecule has 0 amide bonds. The lowest BCUT2D eigenvalue weighted by atomic mass is 9.66. The number of fused-ring (bicyclic) bond motifs is 9. The van der Waals surface area contributed by atoms with Crippen molar-refractivity contribution in [3.63, 3.8) is 0 Å². The fourth-order valence-corrected chi connectivity index (χ4v) is 8.58. The quantitative estimate of drug-likeness (QED) is 0.182. The van der Waals surface area contributed by atoms with Gasteiger partial charge in [0, 0.05) is 50.2 Å². The molecule has 10 rings (SSSR count). The predicted octanol–water partition coefficient (Wildman–Crippen LogP) is 12.6.